The molecule has 25 heavy (non-hydrogen) atoms. The SMILES string of the molecule is COc1ccccc1-n1cc(C#N)c(N)c1C(=O)c1ccc(Br)cc1. The monoisotopic (exact) mass is 395 g/mol. The first-order valence-corrected chi connectivity index (χ1v) is 8.20. The summed E-state index contributed by atoms with van der Waals surface area (Å²) in [5.74, 6) is 0.309. The second kappa shape index (κ2) is 6.83. The number of rotatable bonds is 4. The molecule has 0 aliphatic heterocycles. The number of carbonyl (C=O) groups excluding carboxylic acids is 1. The highest BCUT2D eigenvalue weighted by atomic mass is 79.9. The quantitative estimate of drug-likeness (QED) is 0.678. The molecule has 2 N–H and O–H groups in total. The van der Waals surface area contributed by atoms with Crippen LogP contribution in [0.25, 0.3) is 5.69 Å². The molecule has 1 heterocycles. The lowest BCUT2D eigenvalue weighted by molar-refractivity contribution is 0.103. The number of halogens is 1. The molecule has 124 valence electrons. The van der Waals surface area contributed by atoms with Crippen LogP contribution < -0.4 is 10.5 Å². The molecule has 0 unspecified atom stereocenters. The van der Waals surface area contributed by atoms with Crippen LogP contribution in [-0.2, 0) is 0 Å². The maximum Gasteiger partial charge on any atom is 0.211 e. The highest BCUT2D eigenvalue weighted by Gasteiger charge is 2.23. The normalized spacial score (nSPS) is 10.3. The van der Waals surface area contributed by atoms with Gasteiger partial charge >= 0.3 is 0 Å². The van der Waals surface area contributed by atoms with Crippen LogP contribution >= 0.6 is 15.9 Å². The Morgan fingerprint density at radius 3 is 2.52 bits per heavy atom. The number of ketones is 1. The van der Waals surface area contributed by atoms with E-state index in [0.29, 0.717) is 17.0 Å². The van der Waals surface area contributed by atoms with E-state index in [1.54, 1.807) is 54.3 Å². The lowest BCUT2D eigenvalue weighted by Crippen LogP contribution is -2.11. The van der Waals surface area contributed by atoms with E-state index in [-0.39, 0.29) is 22.7 Å². The molecule has 3 aromatic rings. The second-order valence-electron chi connectivity index (χ2n) is 5.29. The molecule has 6 heteroatoms. The minimum atomic E-state index is -0.266. The van der Waals surface area contributed by atoms with Gasteiger partial charge in [-0.1, -0.05) is 28.1 Å². The third-order valence-corrected chi connectivity index (χ3v) is 4.36. The van der Waals surface area contributed by atoms with Gasteiger partial charge in [-0.05, 0) is 36.4 Å². The van der Waals surface area contributed by atoms with Crippen molar-refractivity contribution in [2.24, 2.45) is 0 Å². The zero-order chi connectivity index (χ0) is 18.0. The van der Waals surface area contributed by atoms with Crippen LogP contribution in [-0.4, -0.2) is 17.5 Å². The maximum absolute atomic E-state index is 13.0. The summed E-state index contributed by atoms with van der Waals surface area (Å²) < 4.78 is 7.86. The maximum atomic E-state index is 13.0. The molecule has 5 nitrogen and oxygen atoms in total. The van der Waals surface area contributed by atoms with Crippen molar-refractivity contribution in [3.05, 3.63) is 76.0 Å². The van der Waals surface area contributed by atoms with E-state index in [1.807, 2.05) is 18.2 Å². The smallest absolute Gasteiger partial charge is 0.211 e. The van der Waals surface area contributed by atoms with Gasteiger partial charge in [0.15, 0.2) is 0 Å². The molecule has 0 amide bonds. The van der Waals surface area contributed by atoms with Crippen molar-refractivity contribution in [3.63, 3.8) is 0 Å². The van der Waals surface area contributed by atoms with Crippen molar-refractivity contribution < 1.29 is 9.53 Å². The van der Waals surface area contributed by atoms with Crippen LogP contribution in [0.5, 0.6) is 5.75 Å². The molecule has 0 fully saturated rings. The molecule has 0 spiro atoms. The van der Waals surface area contributed by atoms with Gasteiger partial charge < -0.3 is 15.0 Å². The van der Waals surface area contributed by atoms with Crippen LogP contribution in [0.2, 0.25) is 0 Å². The topological polar surface area (TPSA) is 81.0 Å². The Bertz CT molecular complexity index is 985. The number of methoxy groups -OCH3 is 1. The first kappa shape index (κ1) is 16.8. The van der Waals surface area contributed by atoms with E-state index in [1.165, 1.54) is 0 Å². The molecule has 0 aliphatic carbocycles. The number of para-hydroxylation sites is 2. The van der Waals surface area contributed by atoms with E-state index in [4.69, 9.17) is 10.5 Å². The fraction of sp³-hybridized carbons (Fsp3) is 0.0526. The number of nitrogens with two attached hydrogens (primary N) is 1. The lowest BCUT2D eigenvalue weighted by Gasteiger charge is -2.13. The predicted octanol–water partition coefficient (Wildman–Crippen LogP) is 3.93. The summed E-state index contributed by atoms with van der Waals surface area (Å²) >= 11 is 3.35. The molecule has 3 rings (SSSR count). The van der Waals surface area contributed by atoms with Gasteiger partial charge in [0.25, 0.3) is 0 Å². The first-order chi connectivity index (χ1) is 12.1. The van der Waals surface area contributed by atoms with Crippen molar-refractivity contribution in [1.29, 1.82) is 5.26 Å². The third-order valence-electron chi connectivity index (χ3n) is 3.83. The summed E-state index contributed by atoms with van der Waals surface area (Å²) in [5, 5.41) is 9.33. The summed E-state index contributed by atoms with van der Waals surface area (Å²) in [7, 11) is 1.55. The Morgan fingerprint density at radius 2 is 1.88 bits per heavy atom. The van der Waals surface area contributed by atoms with Crippen LogP contribution in [0.4, 0.5) is 5.69 Å². The molecule has 1 aromatic heterocycles. The average Bonchev–Trinajstić information content (AvgIpc) is 2.98. The number of aromatic nitrogens is 1. The number of hydrogen-bond donors (Lipinski definition) is 1. The molecule has 0 radical (unpaired) electrons. The Balaban J connectivity index is 2.23. The van der Waals surface area contributed by atoms with Crippen molar-refractivity contribution in [2.45, 2.75) is 0 Å². The Hall–Kier alpha value is -3.04. The summed E-state index contributed by atoms with van der Waals surface area (Å²) in [6.45, 7) is 0. The van der Waals surface area contributed by atoms with E-state index in [9.17, 15) is 10.1 Å². The van der Waals surface area contributed by atoms with Crippen LogP contribution in [0, 0.1) is 11.3 Å². The molecular weight excluding hydrogens is 382 g/mol. The number of hydrogen-bond acceptors (Lipinski definition) is 4. The number of anilines is 1. The summed E-state index contributed by atoms with van der Waals surface area (Å²) in [4.78, 5) is 13.0. The summed E-state index contributed by atoms with van der Waals surface area (Å²) in [6, 6.07) is 16.3. The van der Waals surface area contributed by atoms with Crippen LogP contribution in [0.3, 0.4) is 0 Å². The largest absolute Gasteiger partial charge is 0.495 e. The number of nitrogen functional groups attached to an aromatic ring is 1. The van der Waals surface area contributed by atoms with Gasteiger partial charge in [0, 0.05) is 16.2 Å². The predicted molar refractivity (Wildman–Crippen MR) is 99.0 cm³/mol. The van der Waals surface area contributed by atoms with Gasteiger partial charge in [0.1, 0.15) is 17.5 Å². The van der Waals surface area contributed by atoms with Gasteiger partial charge in [-0.2, -0.15) is 5.26 Å². The number of benzene rings is 2. The van der Waals surface area contributed by atoms with Crippen molar-refractivity contribution >= 4 is 27.4 Å². The number of nitrogens with zero attached hydrogens (tertiary/aromatic N) is 2. The Kier molecular flexibility index (Phi) is 4.59. The third kappa shape index (κ3) is 3.02. The number of nitriles is 1. The minimum Gasteiger partial charge on any atom is -0.495 e. The van der Waals surface area contributed by atoms with Gasteiger partial charge in [0.05, 0.1) is 24.0 Å². The summed E-state index contributed by atoms with van der Waals surface area (Å²) in [6.07, 6.45) is 1.55. The van der Waals surface area contributed by atoms with Crippen molar-refractivity contribution in [3.8, 4) is 17.5 Å². The molecule has 0 aliphatic rings. The van der Waals surface area contributed by atoms with Gasteiger partial charge in [-0.25, -0.2) is 0 Å². The van der Waals surface area contributed by atoms with Crippen molar-refractivity contribution in [1.82, 2.24) is 4.57 Å². The standard InChI is InChI=1S/C19H14BrN3O2/c1-25-16-5-3-2-4-15(16)23-11-13(10-21)17(22)18(23)19(24)12-6-8-14(20)9-7-12/h2-9,11H,22H2,1H3. The van der Waals surface area contributed by atoms with Crippen molar-refractivity contribution in [2.75, 3.05) is 12.8 Å². The number of carbonyl (C=O) groups is 1. The van der Waals surface area contributed by atoms with Crippen LogP contribution in [0.15, 0.2) is 59.2 Å². The fourth-order valence-corrected chi connectivity index (χ4v) is 2.86. The minimum absolute atomic E-state index is 0.154. The van der Waals surface area contributed by atoms with Crippen LogP contribution in [0.1, 0.15) is 21.6 Å². The van der Waals surface area contributed by atoms with E-state index < -0.39 is 0 Å². The van der Waals surface area contributed by atoms with E-state index in [2.05, 4.69) is 15.9 Å². The molecule has 0 atom stereocenters. The first-order valence-electron chi connectivity index (χ1n) is 7.41. The highest BCUT2D eigenvalue weighted by Crippen LogP contribution is 2.31. The Morgan fingerprint density at radius 1 is 1.20 bits per heavy atom. The zero-order valence-electron chi connectivity index (χ0n) is 13.4. The number of ether oxygens (including phenoxy) is 1. The fourth-order valence-electron chi connectivity index (χ4n) is 2.60. The van der Waals surface area contributed by atoms with Gasteiger partial charge in [-0.15, -0.1) is 0 Å². The molecule has 0 bridgehead atoms. The Labute approximate surface area is 153 Å². The average molecular weight is 396 g/mol. The van der Waals surface area contributed by atoms with E-state index >= 15 is 0 Å². The van der Waals surface area contributed by atoms with Gasteiger partial charge in [-0.3, -0.25) is 4.79 Å². The lowest BCUT2D eigenvalue weighted by atomic mass is 10.1. The second-order valence-corrected chi connectivity index (χ2v) is 6.21. The molecular formula is C19H14BrN3O2. The highest BCUT2D eigenvalue weighted by molar-refractivity contribution is 9.10. The van der Waals surface area contributed by atoms with E-state index in [0.717, 1.165) is 4.47 Å². The molecule has 0 saturated carbocycles. The molecule has 0 saturated heterocycles. The molecule has 2 aromatic carbocycles. The zero-order valence-corrected chi connectivity index (χ0v) is 14.9. The summed E-state index contributed by atoms with van der Waals surface area (Å²) in [5.41, 5.74) is 7.85. The van der Waals surface area contributed by atoms with Gasteiger partial charge in [0.2, 0.25) is 5.78 Å².